The topological polar surface area (TPSA) is 34.1 Å². The number of hydrogen-bond acceptors (Lipinski definition) is 2. The minimum absolute atomic E-state index is 0.662. The van der Waals surface area contributed by atoms with E-state index in [4.69, 9.17) is 10.7 Å². The highest BCUT2D eigenvalue weighted by atomic mass is 79.9. The quantitative estimate of drug-likeness (QED) is 0.785. The fraction of sp³-hybridized carbons (Fsp3) is 0.333. The van der Waals surface area contributed by atoms with E-state index in [-0.39, 0.29) is 0 Å². The molecular formula is C9H10BrClO2S. The Balaban J connectivity index is 3.38. The second-order valence-corrected chi connectivity index (χ2v) is 7.40. The fourth-order valence-corrected chi connectivity index (χ4v) is 2.68. The van der Waals surface area contributed by atoms with Crippen molar-refractivity contribution in [3.63, 3.8) is 0 Å². The lowest BCUT2D eigenvalue weighted by molar-refractivity contribution is 0.570. The van der Waals surface area contributed by atoms with E-state index in [0.717, 1.165) is 4.47 Å². The van der Waals surface area contributed by atoms with E-state index in [2.05, 4.69) is 15.9 Å². The maximum absolute atomic E-state index is 11.4. The minimum atomic E-state index is -3.64. The number of hydrogen-bond donors (Lipinski definition) is 0. The molecule has 0 radical (unpaired) electrons. The molecule has 0 heterocycles. The standard InChI is InChI=1S/C9H10BrClO2S/c1-9(2,14(11,12)13)7-5-3-4-6-8(7)10/h3-6H,1-2H3. The Labute approximate surface area is 96.8 Å². The Morgan fingerprint density at radius 1 is 1.29 bits per heavy atom. The van der Waals surface area contributed by atoms with Crippen LogP contribution in [0.1, 0.15) is 19.4 Å². The summed E-state index contributed by atoms with van der Waals surface area (Å²) in [5, 5.41) is 0. The van der Waals surface area contributed by atoms with Gasteiger partial charge in [-0.15, -0.1) is 0 Å². The van der Waals surface area contributed by atoms with Crippen molar-refractivity contribution in [1.29, 1.82) is 0 Å². The van der Waals surface area contributed by atoms with E-state index in [9.17, 15) is 8.42 Å². The van der Waals surface area contributed by atoms with Gasteiger partial charge in [0.2, 0.25) is 9.05 Å². The molecular weight excluding hydrogens is 288 g/mol. The molecule has 0 aliphatic carbocycles. The van der Waals surface area contributed by atoms with Gasteiger partial charge in [-0.1, -0.05) is 34.1 Å². The van der Waals surface area contributed by atoms with E-state index in [1.807, 2.05) is 6.07 Å². The summed E-state index contributed by atoms with van der Waals surface area (Å²) in [5.41, 5.74) is 0.662. The highest BCUT2D eigenvalue weighted by Gasteiger charge is 2.35. The van der Waals surface area contributed by atoms with E-state index in [1.165, 1.54) is 0 Å². The summed E-state index contributed by atoms with van der Waals surface area (Å²) in [6.07, 6.45) is 0. The molecule has 0 amide bonds. The van der Waals surface area contributed by atoms with E-state index in [0.29, 0.717) is 5.56 Å². The summed E-state index contributed by atoms with van der Waals surface area (Å²) in [5.74, 6) is 0. The van der Waals surface area contributed by atoms with Crippen molar-refractivity contribution in [1.82, 2.24) is 0 Å². The maximum atomic E-state index is 11.4. The van der Waals surface area contributed by atoms with E-state index < -0.39 is 13.8 Å². The zero-order valence-corrected chi connectivity index (χ0v) is 10.9. The first-order chi connectivity index (χ1) is 6.27. The minimum Gasteiger partial charge on any atom is -0.211 e. The van der Waals surface area contributed by atoms with Crippen LogP contribution in [0.2, 0.25) is 0 Å². The third-order valence-electron chi connectivity index (χ3n) is 2.13. The van der Waals surface area contributed by atoms with Crippen molar-refractivity contribution >= 4 is 35.7 Å². The molecule has 0 bridgehead atoms. The molecule has 0 aliphatic heterocycles. The van der Waals surface area contributed by atoms with Gasteiger partial charge in [-0.05, 0) is 25.5 Å². The molecule has 0 spiro atoms. The lowest BCUT2D eigenvalue weighted by Crippen LogP contribution is -2.25. The third kappa shape index (κ3) is 2.12. The van der Waals surface area contributed by atoms with Gasteiger partial charge in [0.05, 0.1) is 0 Å². The van der Waals surface area contributed by atoms with Crippen molar-refractivity contribution in [2.75, 3.05) is 0 Å². The molecule has 2 nitrogen and oxygen atoms in total. The molecule has 0 unspecified atom stereocenters. The first-order valence-electron chi connectivity index (χ1n) is 3.96. The molecule has 1 aromatic rings. The van der Waals surface area contributed by atoms with Crippen molar-refractivity contribution in [3.05, 3.63) is 34.3 Å². The van der Waals surface area contributed by atoms with Gasteiger partial charge in [0, 0.05) is 15.2 Å². The lowest BCUT2D eigenvalue weighted by atomic mass is 10.0. The van der Waals surface area contributed by atoms with Crippen LogP contribution in [0.15, 0.2) is 28.7 Å². The van der Waals surface area contributed by atoms with Crippen LogP contribution in [0, 0.1) is 0 Å². The van der Waals surface area contributed by atoms with Crippen molar-refractivity contribution in [2.45, 2.75) is 18.6 Å². The Morgan fingerprint density at radius 2 is 1.79 bits per heavy atom. The van der Waals surface area contributed by atoms with Crippen LogP contribution >= 0.6 is 26.6 Å². The molecule has 0 saturated heterocycles. The van der Waals surface area contributed by atoms with Crippen molar-refractivity contribution in [3.8, 4) is 0 Å². The van der Waals surface area contributed by atoms with Gasteiger partial charge >= 0.3 is 0 Å². The molecule has 14 heavy (non-hydrogen) atoms. The lowest BCUT2D eigenvalue weighted by Gasteiger charge is -2.22. The number of benzene rings is 1. The van der Waals surface area contributed by atoms with Crippen LogP contribution in [0.4, 0.5) is 0 Å². The molecule has 0 aromatic heterocycles. The summed E-state index contributed by atoms with van der Waals surface area (Å²) in [6, 6.07) is 7.14. The van der Waals surface area contributed by atoms with Gasteiger partial charge in [-0.25, -0.2) is 8.42 Å². The molecule has 0 atom stereocenters. The summed E-state index contributed by atoms with van der Waals surface area (Å²) in [7, 11) is 1.75. The zero-order valence-electron chi connectivity index (χ0n) is 7.79. The molecule has 0 fully saturated rings. The predicted octanol–water partition coefficient (Wildman–Crippen LogP) is 3.25. The van der Waals surface area contributed by atoms with Crippen LogP contribution in [-0.4, -0.2) is 8.42 Å². The average Bonchev–Trinajstić information content (AvgIpc) is 2.02. The predicted molar refractivity (Wildman–Crippen MR) is 61.9 cm³/mol. The van der Waals surface area contributed by atoms with Crippen molar-refractivity contribution in [2.24, 2.45) is 0 Å². The molecule has 0 N–H and O–H groups in total. The first-order valence-corrected chi connectivity index (χ1v) is 7.06. The van der Waals surface area contributed by atoms with Gasteiger partial charge in [-0.3, -0.25) is 0 Å². The van der Waals surface area contributed by atoms with Crippen LogP contribution in [-0.2, 0) is 13.8 Å². The molecule has 5 heteroatoms. The second kappa shape index (κ2) is 3.83. The highest BCUT2D eigenvalue weighted by Crippen LogP contribution is 2.36. The Morgan fingerprint density at radius 3 is 2.21 bits per heavy atom. The molecule has 1 rings (SSSR count). The molecule has 0 aliphatic rings. The van der Waals surface area contributed by atoms with Gasteiger partial charge in [-0.2, -0.15) is 0 Å². The molecule has 0 saturated carbocycles. The highest BCUT2D eigenvalue weighted by molar-refractivity contribution is 9.10. The number of halogens is 2. The van der Waals surface area contributed by atoms with Gasteiger partial charge in [0.25, 0.3) is 0 Å². The zero-order chi connectivity index (χ0) is 11.0. The summed E-state index contributed by atoms with van der Waals surface area (Å²) in [6.45, 7) is 3.16. The van der Waals surface area contributed by atoms with Crippen LogP contribution in [0.5, 0.6) is 0 Å². The largest absolute Gasteiger partial charge is 0.241 e. The first kappa shape index (κ1) is 12.0. The third-order valence-corrected chi connectivity index (χ3v) is 5.42. The normalized spacial score (nSPS) is 12.9. The summed E-state index contributed by atoms with van der Waals surface area (Å²) in [4.78, 5) is 0. The summed E-state index contributed by atoms with van der Waals surface area (Å²) >= 11 is 3.30. The molecule has 1 aromatic carbocycles. The second-order valence-electron chi connectivity index (χ2n) is 3.43. The van der Waals surface area contributed by atoms with Gasteiger partial charge in [0.15, 0.2) is 0 Å². The van der Waals surface area contributed by atoms with Crippen molar-refractivity contribution < 1.29 is 8.42 Å². The Kier molecular flexibility index (Phi) is 3.29. The average molecular weight is 298 g/mol. The van der Waals surface area contributed by atoms with Gasteiger partial charge in [0.1, 0.15) is 4.75 Å². The smallest absolute Gasteiger partial charge is 0.211 e. The Hall–Kier alpha value is -0.0600. The van der Waals surface area contributed by atoms with Gasteiger partial charge < -0.3 is 0 Å². The monoisotopic (exact) mass is 296 g/mol. The molecule has 78 valence electrons. The van der Waals surface area contributed by atoms with Crippen LogP contribution in [0.25, 0.3) is 0 Å². The number of rotatable bonds is 2. The Bertz CT molecular complexity index is 440. The van der Waals surface area contributed by atoms with E-state index >= 15 is 0 Å². The maximum Gasteiger partial charge on any atom is 0.241 e. The van der Waals surface area contributed by atoms with Crippen LogP contribution in [0.3, 0.4) is 0 Å². The summed E-state index contributed by atoms with van der Waals surface area (Å²) < 4.78 is 22.4. The SMILES string of the molecule is CC(C)(c1ccccc1Br)S(=O)(=O)Cl. The fourth-order valence-electron chi connectivity index (χ4n) is 1.08. The van der Waals surface area contributed by atoms with Crippen LogP contribution < -0.4 is 0 Å². The van der Waals surface area contributed by atoms with E-state index in [1.54, 1.807) is 32.0 Å².